The van der Waals surface area contributed by atoms with Gasteiger partial charge in [0.2, 0.25) is 23.6 Å². The van der Waals surface area contributed by atoms with Gasteiger partial charge in [0.15, 0.2) is 0 Å². The average Bonchev–Trinajstić information content (AvgIpc) is 3.46. The van der Waals surface area contributed by atoms with Crippen LogP contribution in [0, 0.1) is 5.92 Å². The normalized spacial score (nSPS) is 16.3. The first-order valence-corrected chi connectivity index (χ1v) is 15.8. The molecule has 1 aromatic heterocycles. The van der Waals surface area contributed by atoms with Crippen LogP contribution in [0.3, 0.4) is 0 Å². The van der Waals surface area contributed by atoms with Gasteiger partial charge < -0.3 is 25.8 Å². The molecular weight excluding hydrogens is 578 g/mol. The lowest BCUT2D eigenvalue weighted by Gasteiger charge is -2.36. The largest absolute Gasteiger partial charge is 0.361 e. The molecule has 0 unspecified atom stereocenters. The quantitative estimate of drug-likeness (QED) is 0.179. The van der Waals surface area contributed by atoms with Crippen molar-refractivity contribution in [1.29, 1.82) is 0 Å². The number of H-pyrrole nitrogens is 1. The molecule has 0 aliphatic carbocycles. The molecule has 9 nitrogen and oxygen atoms in total. The van der Waals surface area contributed by atoms with E-state index < -0.39 is 23.9 Å². The molecule has 46 heavy (non-hydrogen) atoms. The zero-order valence-electron chi connectivity index (χ0n) is 26.2. The Labute approximate surface area is 269 Å². The summed E-state index contributed by atoms with van der Waals surface area (Å²) in [4.78, 5) is 58.4. The van der Waals surface area contributed by atoms with Gasteiger partial charge in [-0.15, -0.1) is 0 Å². The Kier molecular flexibility index (Phi) is 10.7. The van der Waals surface area contributed by atoms with Gasteiger partial charge in [0.05, 0.1) is 12.6 Å². The molecule has 238 valence electrons. The van der Waals surface area contributed by atoms with Crippen molar-refractivity contribution < 1.29 is 19.2 Å². The summed E-state index contributed by atoms with van der Waals surface area (Å²) in [6, 6.07) is 24.9. The van der Waals surface area contributed by atoms with E-state index in [0.717, 1.165) is 27.6 Å². The molecule has 1 saturated heterocycles. The van der Waals surface area contributed by atoms with E-state index in [4.69, 9.17) is 0 Å². The zero-order valence-corrected chi connectivity index (χ0v) is 26.2. The Balaban J connectivity index is 1.34. The molecule has 4 amide bonds. The zero-order chi connectivity index (χ0) is 32.5. The second-order valence-corrected chi connectivity index (χ2v) is 12.2. The summed E-state index contributed by atoms with van der Waals surface area (Å²) in [6.45, 7) is 4.22. The number of aromatic nitrogens is 1. The summed E-state index contributed by atoms with van der Waals surface area (Å²) in [5, 5.41) is 9.77. The highest BCUT2D eigenvalue weighted by Gasteiger charge is 2.34. The molecule has 0 bridgehead atoms. The van der Waals surface area contributed by atoms with E-state index in [0.29, 0.717) is 19.4 Å². The highest BCUT2D eigenvalue weighted by molar-refractivity contribution is 5.98. The number of amides is 4. The fraction of sp³-hybridized carbons (Fsp3) is 0.297. The predicted octanol–water partition coefficient (Wildman–Crippen LogP) is 4.01. The summed E-state index contributed by atoms with van der Waals surface area (Å²) >= 11 is 0. The van der Waals surface area contributed by atoms with E-state index in [1.54, 1.807) is 6.08 Å². The van der Waals surface area contributed by atoms with E-state index >= 15 is 0 Å². The van der Waals surface area contributed by atoms with Crippen molar-refractivity contribution in [1.82, 2.24) is 25.8 Å². The van der Waals surface area contributed by atoms with E-state index in [9.17, 15) is 19.2 Å². The molecule has 0 spiro atoms. The Hall–Kier alpha value is -5.18. The molecule has 0 radical (unpaired) electrons. The van der Waals surface area contributed by atoms with Gasteiger partial charge in [-0.05, 0) is 47.6 Å². The van der Waals surface area contributed by atoms with Crippen LogP contribution in [-0.4, -0.2) is 64.7 Å². The van der Waals surface area contributed by atoms with Gasteiger partial charge >= 0.3 is 0 Å². The summed E-state index contributed by atoms with van der Waals surface area (Å²) in [7, 11) is 0. The third-order valence-corrected chi connectivity index (χ3v) is 8.06. The summed E-state index contributed by atoms with van der Waals surface area (Å²) in [5.41, 5.74) is 3.71. The van der Waals surface area contributed by atoms with Crippen LogP contribution in [0.15, 0.2) is 97.2 Å². The third-order valence-electron chi connectivity index (χ3n) is 8.06. The lowest BCUT2D eigenvalue weighted by molar-refractivity contribution is -0.143. The Morgan fingerprint density at radius 1 is 0.913 bits per heavy atom. The first-order chi connectivity index (χ1) is 22.2. The van der Waals surface area contributed by atoms with Crippen LogP contribution in [0.25, 0.3) is 17.0 Å². The van der Waals surface area contributed by atoms with E-state index in [1.165, 1.54) is 11.0 Å². The van der Waals surface area contributed by atoms with Gasteiger partial charge in [-0.25, -0.2) is 0 Å². The molecule has 3 aromatic carbocycles. The number of hydrogen-bond acceptors (Lipinski definition) is 4. The Bertz CT molecular complexity index is 1680. The van der Waals surface area contributed by atoms with Gasteiger partial charge in [0.1, 0.15) is 12.1 Å². The fourth-order valence-corrected chi connectivity index (χ4v) is 5.88. The molecule has 2 heterocycles. The summed E-state index contributed by atoms with van der Waals surface area (Å²) in [5.74, 6) is -1.34. The minimum atomic E-state index is -0.954. The summed E-state index contributed by atoms with van der Waals surface area (Å²) < 4.78 is 0. The molecular formula is C37H41N5O4. The minimum Gasteiger partial charge on any atom is -0.361 e. The first-order valence-electron chi connectivity index (χ1n) is 15.8. The monoisotopic (exact) mass is 619 g/mol. The molecule has 3 atom stereocenters. The van der Waals surface area contributed by atoms with Crippen molar-refractivity contribution in [2.75, 3.05) is 13.1 Å². The number of nitrogens with zero attached hydrogens (tertiary/aromatic N) is 1. The van der Waals surface area contributed by atoms with Gasteiger partial charge in [0, 0.05) is 36.1 Å². The molecule has 5 rings (SSSR count). The van der Waals surface area contributed by atoms with E-state index in [2.05, 4.69) is 20.9 Å². The number of para-hydroxylation sites is 1. The van der Waals surface area contributed by atoms with Crippen molar-refractivity contribution in [2.45, 2.75) is 51.2 Å². The number of hydrogen-bond donors (Lipinski definition) is 4. The Morgan fingerprint density at radius 3 is 2.35 bits per heavy atom. The lowest BCUT2D eigenvalue weighted by Crippen LogP contribution is -2.61. The van der Waals surface area contributed by atoms with Crippen molar-refractivity contribution in [3.63, 3.8) is 0 Å². The van der Waals surface area contributed by atoms with Crippen LogP contribution in [0.1, 0.15) is 37.0 Å². The van der Waals surface area contributed by atoms with Gasteiger partial charge in [-0.3, -0.25) is 19.2 Å². The number of nitrogens with one attached hydrogen (secondary N) is 4. The van der Waals surface area contributed by atoms with Crippen LogP contribution in [0.4, 0.5) is 0 Å². The third kappa shape index (κ3) is 8.72. The van der Waals surface area contributed by atoms with Crippen LogP contribution < -0.4 is 16.0 Å². The molecule has 1 fully saturated rings. The number of carbonyl (C=O) groups is 4. The van der Waals surface area contributed by atoms with E-state index in [-0.39, 0.29) is 36.7 Å². The van der Waals surface area contributed by atoms with Crippen molar-refractivity contribution in [2.24, 2.45) is 5.92 Å². The number of fused-ring (bicyclic) bond motifs is 1. The fourth-order valence-electron chi connectivity index (χ4n) is 5.88. The number of carbonyl (C=O) groups excluding carboxylic acids is 4. The van der Waals surface area contributed by atoms with Crippen LogP contribution in [0.2, 0.25) is 0 Å². The van der Waals surface area contributed by atoms with Crippen molar-refractivity contribution in [3.8, 4) is 0 Å². The van der Waals surface area contributed by atoms with Gasteiger partial charge in [0.25, 0.3) is 0 Å². The number of benzene rings is 3. The van der Waals surface area contributed by atoms with Crippen molar-refractivity contribution >= 4 is 40.6 Å². The summed E-state index contributed by atoms with van der Waals surface area (Å²) in [6.07, 6.45) is 6.12. The second-order valence-electron chi connectivity index (χ2n) is 12.2. The van der Waals surface area contributed by atoms with Crippen molar-refractivity contribution in [3.05, 3.63) is 114 Å². The number of aromatic amines is 1. The van der Waals surface area contributed by atoms with Crippen LogP contribution in [0.5, 0.6) is 0 Å². The number of piperazine rings is 1. The van der Waals surface area contributed by atoms with Gasteiger partial charge in [-0.1, -0.05) is 92.7 Å². The molecule has 9 heteroatoms. The SMILES string of the molecule is CC(C)C[C@H](NC(=O)[C@H](Cc1c[nH]c2ccccc12)NC(=O)/C=C/c1ccccc1)C(=O)N1CC(=O)N[C@@H](Cc2ccccc2)C1. The lowest BCUT2D eigenvalue weighted by atomic mass is 9.99. The highest BCUT2D eigenvalue weighted by Crippen LogP contribution is 2.20. The molecule has 4 aromatic rings. The molecule has 4 N–H and O–H groups in total. The standard InChI is InChI=1S/C37H41N5O4/c1-25(2)19-33(37(46)42-23-29(39-35(44)24-42)20-27-13-7-4-8-14-27)41-36(45)32(21-28-22-38-31-16-10-9-15-30(28)31)40-34(43)18-17-26-11-5-3-6-12-26/h3-18,22,25,29,32-33,38H,19-21,23-24H2,1-2H3,(H,39,44)(H,40,43)(H,41,45)/b18-17+/t29-,32-,33-/m0/s1. The smallest absolute Gasteiger partial charge is 0.245 e. The van der Waals surface area contributed by atoms with Crippen LogP contribution >= 0.6 is 0 Å². The molecule has 1 aliphatic heterocycles. The minimum absolute atomic E-state index is 0.0750. The Morgan fingerprint density at radius 2 is 1.61 bits per heavy atom. The molecule has 1 aliphatic rings. The van der Waals surface area contributed by atoms with E-state index in [1.807, 2.05) is 105 Å². The predicted molar refractivity (Wildman–Crippen MR) is 179 cm³/mol. The van der Waals surface area contributed by atoms with Crippen LogP contribution in [-0.2, 0) is 32.0 Å². The average molecular weight is 620 g/mol. The topological polar surface area (TPSA) is 123 Å². The maximum Gasteiger partial charge on any atom is 0.245 e. The highest BCUT2D eigenvalue weighted by atomic mass is 16.2. The molecule has 0 saturated carbocycles. The number of rotatable bonds is 12. The first kappa shape index (κ1) is 32.2. The van der Waals surface area contributed by atoms with Gasteiger partial charge in [-0.2, -0.15) is 0 Å². The maximum atomic E-state index is 14.0. The second kappa shape index (κ2) is 15.2. The maximum absolute atomic E-state index is 14.0.